The number of pyridine rings is 1. The van der Waals surface area contributed by atoms with Gasteiger partial charge >= 0.3 is 35.8 Å². The summed E-state index contributed by atoms with van der Waals surface area (Å²) in [5, 5.41) is 68.1. The second-order valence-corrected chi connectivity index (χ2v) is 14.8. The van der Waals surface area contributed by atoms with Crippen LogP contribution in [0.25, 0.3) is 0 Å². The van der Waals surface area contributed by atoms with Gasteiger partial charge in [-0.1, -0.05) is 65.7 Å². The summed E-state index contributed by atoms with van der Waals surface area (Å²) in [5.41, 5.74) is 0. The number of carbonyl (C=O) groups excluding carboxylic acids is 2. The molecule has 1 aromatic heterocycles. The van der Waals surface area contributed by atoms with Gasteiger partial charge in [-0.25, -0.2) is 0 Å². The molecule has 312 valence electrons. The number of aromatic hydroxyl groups is 1. The molecule has 0 bridgehead atoms. The Kier molecular flexibility index (Phi) is 22.8. The van der Waals surface area contributed by atoms with Crippen molar-refractivity contribution in [3.63, 3.8) is 0 Å². The second kappa shape index (κ2) is 25.7. The topological polar surface area (TPSA) is 266 Å². The lowest BCUT2D eigenvalue weighted by Gasteiger charge is -2.33. The maximum Gasteiger partial charge on any atom is 0.307 e. The maximum absolute atomic E-state index is 13.1. The summed E-state index contributed by atoms with van der Waals surface area (Å²) in [6.07, 6.45) is 3.01. The number of carboxylic acids is 4. The molecule has 16 heteroatoms. The van der Waals surface area contributed by atoms with Gasteiger partial charge in [-0.05, 0) is 37.2 Å². The number of hydrogen-bond acceptors (Lipinski definition) is 11. The highest BCUT2D eigenvalue weighted by Crippen LogP contribution is 2.29. The molecule has 0 saturated carbocycles. The smallest absolute Gasteiger partial charge is 0.307 e. The number of nitrogens with zero attached hydrogens (tertiary/aromatic N) is 1. The Hall–Kier alpha value is -4.31. The van der Waals surface area contributed by atoms with Crippen molar-refractivity contribution in [1.82, 2.24) is 0 Å². The highest BCUT2D eigenvalue weighted by Gasteiger charge is 2.37. The molecule has 0 aliphatic rings. The van der Waals surface area contributed by atoms with Crippen molar-refractivity contribution < 1.29 is 78.6 Å². The molecule has 0 saturated heterocycles. The van der Waals surface area contributed by atoms with Gasteiger partial charge in [0, 0.05) is 19.4 Å². The van der Waals surface area contributed by atoms with Crippen molar-refractivity contribution in [3.8, 4) is 5.75 Å². The minimum absolute atomic E-state index is 0.0697. The highest BCUT2D eigenvalue weighted by atomic mass is 16.6. The summed E-state index contributed by atoms with van der Waals surface area (Å²) < 4.78 is 13.2. The monoisotopic (exact) mass is 784 g/mol. The maximum atomic E-state index is 13.1. The molecule has 0 aliphatic carbocycles. The highest BCUT2D eigenvalue weighted by molar-refractivity contribution is 5.83. The largest absolute Gasteiger partial charge is 0.503 e. The van der Waals surface area contributed by atoms with Crippen LogP contribution in [-0.2, 0) is 38.2 Å². The van der Waals surface area contributed by atoms with Crippen LogP contribution in [0.3, 0.4) is 0 Å². The van der Waals surface area contributed by atoms with E-state index in [1.807, 2.05) is 13.8 Å². The van der Waals surface area contributed by atoms with Crippen LogP contribution in [0.5, 0.6) is 5.75 Å². The molecule has 16 nitrogen and oxygen atoms in total. The molecule has 0 aromatic carbocycles. The first-order valence-corrected chi connectivity index (χ1v) is 19.2. The number of esters is 2. The van der Waals surface area contributed by atoms with Crippen LogP contribution in [0.1, 0.15) is 130 Å². The van der Waals surface area contributed by atoms with Crippen molar-refractivity contribution in [1.29, 1.82) is 0 Å². The predicted octanol–water partition coefficient (Wildman–Crippen LogP) is 4.50. The van der Waals surface area contributed by atoms with Gasteiger partial charge in [-0.3, -0.25) is 28.8 Å². The van der Waals surface area contributed by atoms with Crippen molar-refractivity contribution in [2.45, 2.75) is 154 Å². The zero-order valence-electron chi connectivity index (χ0n) is 32.5. The quantitative estimate of drug-likeness (QED) is 0.0322. The first kappa shape index (κ1) is 48.7. The van der Waals surface area contributed by atoms with Crippen LogP contribution in [-0.4, -0.2) is 96.0 Å². The Morgan fingerprint density at radius 1 is 0.709 bits per heavy atom. The van der Waals surface area contributed by atoms with Crippen LogP contribution in [0.4, 0.5) is 0 Å². The van der Waals surface area contributed by atoms with Gasteiger partial charge < -0.3 is 45.2 Å². The number of rotatable bonds is 30. The molecule has 0 amide bonds. The molecule has 0 aliphatic heterocycles. The average molecular weight is 785 g/mol. The van der Waals surface area contributed by atoms with Gasteiger partial charge in [0.2, 0.25) is 6.20 Å². The lowest BCUT2D eigenvalue weighted by Crippen LogP contribution is -2.44. The van der Waals surface area contributed by atoms with Gasteiger partial charge in [-0.2, -0.15) is 4.57 Å². The fourth-order valence-corrected chi connectivity index (χ4v) is 6.50. The number of aromatic nitrogens is 1. The van der Waals surface area contributed by atoms with E-state index in [1.54, 1.807) is 30.7 Å². The van der Waals surface area contributed by atoms with Crippen molar-refractivity contribution >= 4 is 35.8 Å². The molecular formula is C39H62NO15+. The Balaban J connectivity index is 2.98. The van der Waals surface area contributed by atoms with Gasteiger partial charge in [0.25, 0.3) is 0 Å². The molecule has 1 rings (SSSR count). The van der Waals surface area contributed by atoms with Gasteiger partial charge in [0.1, 0.15) is 18.3 Å². The normalized spacial score (nSPS) is 16.3. The molecule has 0 spiro atoms. The molecule has 7 N–H and O–H groups in total. The zero-order chi connectivity index (χ0) is 41.7. The number of carbonyl (C=O) groups is 6. The number of ether oxygens (including phenoxy) is 2. The predicted molar refractivity (Wildman–Crippen MR) is 196 cm³/mol. The third kappa shape index (κ3) is 20.3. The van der Waals surface area contributed by atoms with E-state index in [9.17, 15) is 54.3 Å². The average Bonchev–Trinajstić information content (AvgIpc) is 3.09. The van der Waals surface area contributed by atoms with E-state index in [0.29, 0.717) is 32.1 Å². The molecular weight excluding hydrogens is 722 g/mol. The minimum atomic E-state index is -1.56. The van der Waals surface area contributed by atoms with Crippen molar-refractivity contribution in [2.75, 3.05) is 0 Å². The van der Waals surface area contributed by atoms with Crippen molar-refractivity contribution in [2.24, 2.45) is 23.7 Å². The van der Waals surface area contributed by atoms with E-state index < -0.39 is 104 Å². The number of aliphatic hydroxyl groups is 2. The number of hydrogen-bond donors (Lipinski definition) is 7. The Morgan fingerprint density at radius 2 is 1.25 bits per heavy atom. The SMILES string of the molecule is CCCCC(C)C(OC(=O)CC(CC(=O)O)C(=O)O)C(CC(C)CCCCCCC(O)CC(O)C(C)[n+]1cccc(O)c1)OC(=O)CC(CC(=O)O)C(=O)O. The second-order valence-electron chi connectivity index (χ2n) is 14.8. The van der Waals surface area contributed by atoms with E-state index in [0.717, 1.165) is 25.7 Å². The Bertz CT molecular complexity index is 1370. The van der Waals surface area contributed by atoms with Crippen molar-refractivity contribution in [3.05, 3.63) is 24.5 Å². The molecule has 55 heavy (non-hydrogen) atoms. The third-order valence-electron chi connectivity index (χ3n) is 9.82. The molecule has 9 atom stereocenters. The first-order valence-electron chi connectivity index (χ1n) is 19.2. The van der Waals surface area contributed by atoms with Crippen LogP contribution in [0, 0.1) is 23.7 Å². The number of aliphatic carboxylic acids is 4. The summed E-state index contributed by atoms with van der Waals surface area (Å²) in [6, 6.07) is 2.84. The zero-order valence-corrected chi connectivity index (χ0v) is 32.5. The minimum Gasteiger partial charge on any atom is -0.503 e. The molecule has 9 unspecified atom stereocenters. The van der Waals surface area contributed by atoms with E-state index in [1.165, 1.54) is 12.3 Å². The lowest BCUT2D eigenvalue weighted by atomic mass is 9.87. The van der Waals surface area contributed by atoms with Gasteiger partial charge in [0.15, 0.2) is 18.0 Å². The van der Waals surface area contributed by atoms with Crippen LogP contribution in [0.2, 0.25) is 0 Å². The first-order chi connectivity index (χ1) is 25.8. The number of carboxylic acid groups (broad SMARTS) is 4. The summed E-state index contributed by atoms with van der Waals surface area (Å²) in [7, 11) is 0. The van der Waals surface area contributed by atoms with E-state index in [-0.39, 0.29) is 30.6 Å². The molecule has 1 heterocycles. The number of aliphatic hydroxyl groups excluding tert-OH is 2. The molecule has 0 fully saturated rings. The Morgan fingerprint density at radius 3 is 1.76 bits per heavy atom. The molecule has 1 aromatic rings. The summed E-state index contributed by atoms with van der Waals surface area (Å²) >= 11 is 0. The molecule has 0 radical (unpaired) electrons. The van der Waals surface area contributed by atoms with E-state index in [4.69, 9.17) is 19.7 Å². The van der Waals surface area contributed by atoms with E-state index >= 15 is 0 Å². The third-order valence-corrected chi connectivity index (χ3v) is 9.82. The van der Waals surface area contributed by atoms with Gasteiger partial charge in [-0.15, -0.1) is 0 Å². The standard InChI is InChI=1S/C39H61NO15/c1-5-6-13-25(3)37(55-36(49)21-28(39(52)53)19-34(46)47)32(54-35(48)20-27(38(50)51)18-33(44)45)17-24(2)12-9-7-8-10-14-29(41)22-31(43)26(4)40-16-11-15-30(42)23-40/h11,15-16,23-29,31-32,37,41,43H,5-10,12-14,17-22H2,1-4H3,(H4-,42,44,45,46,47,50,51,52,53)/p+1. The van der Waals surface area contributed by atoms with Crippen LogP contribution >= 0.6 is 0 Å². The van der Waals surface area contributed by atoms with Crippen LogP contribution in [0.15, 0.2) is 24.5 Å². The van der Waals surface area contributed by atoms with Gasteiger partial charge in [0.05, 0.1) is 43.6 Å². The Labute approximate surface area is 322 Å². The van der Waals surface area contributed by atoms with Crippen LogP contribution < -0.4 is 4.57 Å². The lowest BCUT2D eigenvalue weighted by molar-refractivity contribution is -0.727. The fraction of sp³-hybridized carbons (Fsp3) is 0.718. The fourth-order valence-electron chi connectivity index (χ4n) is 6.50. The number of unbranched alkanes of at least 4 members (excludes halogenated alkanes) is 4. The summed E-state index contributed by atoms with van der Waals surface area (Å²) in [6.45, 7) is 7.43. The summed E-state index contributed by atoms with van der Waals surface area (Å²) in [5.74, 6) is -11.4. The van der Waals surface area contributed by atoms with E-state index in [2.05, 4.69) is 0 Å². The summed E-state index contributed by atoms with van der Waals surface area (Å²) in [4.78, 5) is 72.0.